The Morgan fingerprint density at radius 2 is 1.22 bits per heavy atom. The maximum Gasteiger partial charge on any atom is 0.460 e. The highest BCUT2D eigenvalue weighted by Crippen LogP contribution is 2.55. The minimum atomic E-state index is -7.27. The van der Waals surface area contributed by atoms with Crippen molar-refractivity contribution in [3.8, 4) is 0 Å². The molecule has 0 radical (unpaired) electrons. The second-order valence-electron chi connectivity index (χ2n) is 5.73. The lowest BCUT2D eigenvalue weighted by Crippen LogP contribution is -2.65. The van der Waals surface area contributed by atoms with Crippen LogP contribution in [0.2, 0.25) is 0 Å². The number of hydrogen-bond acceptors (Lipinski definition) is 3. The predicted molar refractivity (Wildman–Crippen MR) is 79.4 cm³/mol. The molecule has 0 aliphatic heterocycles. The molecule has 14 heteroatoms. The Morgan fingerprint density at radius 3 is 1.52 bits per heavy atom. The standard InChI is InChI=1S/C13H21F9N2O2S/c1-5-9(8-24(6-2)7-3)23(4)27(25,26)13(21,22)11(16,17)10(14,15)12(18,19)20/h9H,5-8H2,1-4H3. The zero-order valence-electron chi connectivity index (χ0n) is 14.9. The second kappa shape index (κ2) is 8.31. The van der Waals surface area contributed by atoms with Gasteiger partial charge in [0.25, 0.3) is 10.0 Å². The van der Waals surface area contributed by atoms with Gasteiger partial charge in [0.2, 0.25) is 0 Å². The van der Waals surface area contributed by atoms with Crippen LogP contribution < -0.4 is 0 Å². The Labute approximate surface area is 151 Å². The Hall–Kier alpha value is -0.760. The molecule has 0 rings (SSSR count). The van der Waals surface area contributed by atoms with E-state index in [9.17, 15) is 47.9 Å². The summed E-state index contributed by atoms with van der Waals surface area (Å²) in [6.07, 6.45) is -7.26. The van der Waals surface area contributed by atoms with E-state index in [0.29, 0.717) is 20.1 Å². The summed E-state index contributed by atoms with van der Waals surface area (Å²) in [4.78, 5) is 1.54. The van der Waals surface area contributed by atoms with Gasteiger partial charge in [-0.2, -0.15) is 43.8 Å². The van der Waals surface area contributed by atoms with E-state index in [4.69, 9.17) is 0 Å². The molecule has 0 N–H and O–H groups in total. The van der Waals surface area contributed by atoms with Gasteiger partial charge in [-0.25, -0.2) is 8.42 Å². The first-order valence-electron chi connectivity index (χ1n) is 7.76. The van der Waals surface area contributed by atoms with E-state index in [0.717, 1.165) is 0 Å². The Bertz CT molecular complexity index is 589. The van der Waals surface area contributed by atoms with Crippen molar-refractivity contribution >= 4 is 10.0 Å². The van der Waals surface area contributed by atoms with Crippen LogP contribution in [-0.4, -0.2) is 73.6 Å². The third-order valence-corrected chi connectivity index (χ3v) is 6.13. The summed E-state index contributed by atoms with van der Waals surface area (Å²) in [5.74, 6) is -14.5. The molecule has 27 heavy (non-hydrogen) atoms. The van der Waals surface area contributed by atoms with E-state index in [1.807, 2.05) is 0 Å². The van der Waals surface area contributed by atoms with Gasteiger partial charge in [-0.3, -0.25) is 0 Å². The number of halogens is 9. The summed E-state index contributed by atoms with van der Waals surface area (Å²) in [6, 6.07) is -1.35. The van der Waals surface area contributed by atoms with Crippen molar-refractivity contribution in [2.75, 3.05) is 26.7 Å². The number of alkyl halides is 9. The highest BCUT2D eigenvalue weighted by molar-refractivity contribution is 7.90. The lowest BCUT2D eigenvalue weighted by molar-refractivity contribution is -0.382. The number of sulfonamides is 1. The van der Waals surface area contributed by atoms with E-state index in [1.54, 1.807) is 18.7 Å². The average molecular weight is 440 g/mol. The zero-order valence-corrected chi connectivity index (χ0v) is 15.7. The monoisotopic (exact) mass is 440 g/mol. The van der Waals surface area contributed by atoms with Crippen LogP contribution >= 0.6 is 0 Å². The number of rotatable bonds is 10. The van der Waals surface area contributed by atoms with Gasteiger partial charge in [-0.1, -0.05) is 20.8 Å². The van der Waals surface area contributed by atoms with Gasteiger partial charge >= 0.3 is 23.3 Å². The van der Waals surface area contributed by atoms with Gasteiger partial charge in [0, 0.05) is 19.6 Å². The van der Waals surface area contributed by atoms with Gasteiger partial charge in [0.1, 0.15) is 0 Å². The van der Waals surface area contributed by atoms with Gasteiger partial charge in [-0.15, -0.1) is 0 Å². The third-order valence-electron chi connectivity index (χ3n) is 4.17. The maximum absolute atomic E-state index is 13.9. The van der Waals surface area contributed by atoms with Gasteiger partial charge in [0.15, 0.2) is 0 Å². The molecule has 0 aliphatic carbocycles. The summed E-state index contributed by atoms with van der Waals surface area (Å²) in [7, 11) is -6.14. The largest absolute Gasteiger partial charge is 0.460 e. The molecule has 0 aromatic heterocycles. The molecule has 0 amide bonds. The Kier molecular flexibility index (Phi) is 8.08. The normalized spacial score (nSPS) is 16.3. The molecule has 0 heterocycles. The number of likely N-dealkylation sites (N-methyl/N-ethyl adjacent to an activating group) is 2. The third kappa shape index (κ3) is 4.47. The van der Waals surface area contributed by atoms with E-state index < -0.39 is 39.3 Å². The molecular weight excluding hydrogens is 419 g/mol. The van der Waals surface area contributed by atoms with Crippen LogP contribution in [0, 0.1) is 0 Å². The summed E-state index contributed by atoms with van der Waals surface area (Å²) in [6.45, 7) is 5.05. The summed E-state index contributed by atoms with van der Waals surface area (Å²) in [5.41, 5.74) is 0. The van der Waals surface area contributed by atoms with Crippen LogP contribution in [0.4, 0.5) is 39.5 Å². The van der Waals surface area contributed by atoms with Crippen LogP contribution in [0.3, 0.4) is 0 Å². The first kappa shape index (κ1) is 26.2. The maximum atomic E-state index is 13.9. The summed E-state index contributed by atoms with van der Waals surface area (Å²) < 4.78 is 141. The molecule has 0 fully saturated rings. The zero-order chi connectivity index (χ0) is 22.1. The van der Waals surface area contributed by atoms with Gasteiger partial charge in [-0.05, 0) is 19.5 Å². The molecule has 0 spiro atoms. The van der Waals surface area contributed by atoms with Crippen LogP contribution in [-0.2, 0) is 10.0 Å². The molecule has 0 aromatic carbocycles. The van der Waals surface area contributed by atoms with E-state index in [1.165, 1.54) is 6.92 Å². The highest BCUT2D eigenvalue weighted by atomic mass is 32.2. The van der Waals surface area contributed by atoms with E-state index >= 15 is 0 Å². The fraction of sp³-hybridized carbons (Fsp3) is 1.00. The quantitative estimate of drug-likeness (QED) is 0.486. The average Bonchev–Trinajstić information content (AvgIpc) is 2.53. The SMILES string of the molecule is CCC(CN(CC)CC)N(C)S(=O)(=O)C(F)(F)C(F)(F)C(F)(F)C(F)(F)F. The van der Waals surface area contributed by atoms with Gasteiger partial charge in [0.05, 0.1) is 0 Å². The lowest BCUT2D eigenvalue weighted by Gasteiger charge is -2.37. The summed E-state index contributed by atoms with van der Waals surface area (Å²) in [5, 5.41) is -6.70. The van der Waals surface area contributed by atoms with Crippen LogP contribution in [0.15, 0.2) is 0 Å². The fourth-order valence-corrected chi connectivity index (χ4v) is 3.60. The summed E-state index contributed by atoms with van der Waals surface area (Å²) >= 11 is 0. The van der Waals surface area contributed by atoms with Crippen molar-refractivity contribution in [1.82, 2.24) is 9.21 Å². The van der Waals surface area contributed by atoms with Crippen LogP contribution in [0.1, 0.15) is 27.2 Å². The molecule has 4 nitrogen and oxygen atoms in total. The number of hydrogen-bond donors (Lipinski definition) is 0. The minimum Gasteiger partial charge on any atom is -0.302 e. The Morgan fingerprint density at radius 1 is 0.815 bits per heavy atom. The second-order valence-corrected chi connectivity index (χ2v) is 7.77. The van der Waals surface area contributed by atoms with Crippen molar-refractivity contribution in [2.24, 2.45) is 0 Å². The minimum absolute atomic E-state index is 0.177. The highest BCUT2D eigenvalue weighted by Gasteiger charge is 2.85. The smallest absolute Gasteiger partial charge is 0.302 e. The van der Waals surface area contributed by atoms with Crippen molar-refractivity contribution < 1.29 is 47.9 Å². The van der Waals surface area contributed by atoms with Crippen molar-refractivity contribution in [3.05, 3.63) is 0 Å². The molecule has 0 saturated heterocycles. The molecule has 164 valence electrons. The number of nitrogens with zero attached hydrogens (tertiary/aromatic N) is 2. The molecular formula is C13H21F9N2O2S. The molecule has 0 saturated carbocycles. The van der Waals surface area contributed by atoms with Crippen molar-refractivity contribution in [2.45, 2.75) is 56.5 Å². The topological polar surface area (TPSA) is 40.6 Å². The van der Waals surface area contributed by atoms with E-state index in [2.05, 4.69) is 0 Å². The van der Waals surface area contributed by atoms with E-state index in [-0.39, 0.29) is 17.3 Å². The Balaban J connectivity index is 6.09. The van der Waals surface area contributed by atoms with Crippen molar-refractivity contribution in [3.63, 3.8) is 0 Å². The molecule has 0 aliphatic rings. The van der Waals surface area contributed by atoms with Crippen molar-refractivity contribution in [1.29, 1.82) is 0 Å². The van der Waals surface area contributed by atoms with Crippen LogP contribution in [0.5, 0.6) is 0 Å². The fourth-order valence-electron chi connectivity index (χ4n) is 2.18. The first-order chi connectivity index (χ1) is 11.9. The predicted octanol–water partition coefficient (Wildman–Crippen LogP) is 3.79. The molecule has 1 atom stereocenters. The molecule has 0 bridgehead atoms. The van der Waals surface area contributed by atoms with Crippen LogP contribution in [0.25, 0.3) is 0 Å². The molecule has 0 aromatic rings. The lowest BCUT2D eigenvalue weighted by atomic mass is 10.1. The first-order valence-corrected chi connectivity index (χ1v) is 9.20. The molecule has 1 unspecified atom stereocenters. The van der Waals surface area contributed by atoms with Gasteiger partial charge < -0.3 is 4.90 Å².